The molecule has 0 spiro atoms. The molecule has 0 aromatic heterocycles. The molecule has 2 atom stereocenters. The number of rotatable bonds is 21. The topological polar surface area (TPSA) is 38.3 Å². The van der Waals surface area contributed by atoms with Crippen molar-refractivity contribution in [2.45, 2.75) is 111 Å². The van der Waals surface area contributed by atoms with Gasteiger partial charge in [0, 0.05) is 19.1 Å². The Morgan fingerprint density at radius 1 is 0.778 bits per heavy atom. The van der Waals surface area contributed by atoms with E-state index in [1.165, 1.54) is 57.8 Å². The molecular weight excluding hydrogens is 334 g/mol. The number of Topliss-reactive ketones (excluding diaryl/α,β-unsaturated/α-hetero) is 1. The molecule has 0 aromatic rings. The maximum atomic E-state index is 12.2. The monoisotopic (exact) mass is 383 g/mol. The summed E-state index contributed by atoms with van der Waals surface area (Å²) in [5, 5.41) is 3.32. The van der Waals surface area contributed by atoms with Gasteiger partial charge in [-0.1, -0.05) is 79.1 Å². The Hall–Kier alpha value is -0.410. The standard InChI is InChI=1S/C24H49NO2/c1-5-9-15-22(7-3)16-11-13-19-27-20-14-12-18-25-21-24(26)23(8-4)17-10-6-2/h22-23,25H,5-21H2,1-4H3. The average molecular weight is 384 g/mol. The third kappa shape index (κ3) is 16.3. The van der Waals surface area contributed by atoms with Crippen LogP contribution in [-0.4, -0.2) is 32.1 Å². The Morgan fingerprint density at radius 3 is 2.04 bits per heavy atom. The average Bonchev–Trinajstić information content (AvgIpc) is 2.68. The molecule has 0 saturated heterocycles. The number of ether oxygens (including phenoxy) is 1. The van der Waals surface area contributed by atoms with Crippen molar-refractivity contribution in [3.63, 3.8) is 0 Å². The zero-order chi connectivity index (χ0) is 20.2. The Bertz CT molecular complexity index is 320. The van der Waals surface area contributed by atoms with Crippen molar-refractivity contribution >= 4 is 5.78 Å². The summed E-state index contributed by atoms with van der Waals surface area (Å²) in [6, 6.07) is 0. The van der Waals surface area contributed by atoms with Gasteiger partial charge >= 0.3 is 0 Å². The Morgan fingerprint density at radius 2 is 1.41 bits per heavy atom. The lowest BCUT2D eigenvalue weighted by Gasteiger charge is -2.14. The fourth-order valence-electron chi connectivity index (χ4n) is 3.64. The summed E-state index contributed by atoms with van der Waals surface area (Å²) in [7, 11) is 0. The molecule has 0 aliphatic heterocycles. The van der Waals surface area contributed by atoms with Crippen molar-refractivity contribution in [1.82, 2.24) is 5.32 Å². The minimum atomic E-state index is 0.259. The first-order valence-electron chi connectivity index (χ1n) is 12.0. The van der Waals surface area contributed by atoms with Gasteiger partial charge in [-0.15, -0.1) is 0 Å². The summed E-state index contributed by atoms with van der Waals surface area (Å²) in [6.45, 7) is 12.2. The second kappa shape index (κ2) is 20.3. The molecule has 0 bridgehead atoms. The number of ketones is 1. The van der Waals surface area contributed by atoms with Crippen LogP contribution in [0.4, 0.5) is 0 Å². The molecule has 27 heavy (non-hydrogen) atoms. The summed E-state index contributed by atoms with van der Waals surface area (Å²) in [6.07, 6.45) is 15.9. The van der Waals surface area contributed by atoms with Gasteiger partial charge in [0.15, 0.2) is 0 Å². The fourth-order valence-corrected chi connectivity index (χ4v) is 3.64. The van der Waals surface area contributed by atoms with Gasteiger partial charge in [-0.3, -0.25) is 4.79 Å². The quantitative estimate of drug-likeness (QED) is 0.229. The number of nitrogens with one attached hydrogen (secondary N) is 1. The highest BCUT2D eigenvalue weighted by atomic mass is 16.5. The van der Waals surface area contributed by atoms with Gasteiger partial charge in [-0.25, -0.2) is 0 Å². The van der Waals surface area contributed by atoms with Gasteiger partial charge in [0.05, 0.1) is 6.54 Å². The van der Waals surface area contributed by atoms with Gasteiger partial charge in [-0.2, -0.15) is 0 Å². The number of hydrogen-bond acceptors (Lipinski definition) is 3. The van der Waals surface area contributed by atoms with Crippen LogP contribution in [0, 0.1) is 11.8 Å². The van der Waals surface area contributed by atoms with Crippen LogP contribution in [0.15, 0.2) is 0 Å². The lowest BCUT2D eigenvalue weighted by atomic mass is 9.94. The van der Waals surface area contributed by atoms with Gasteiger partial charge in [0.2, 0.25) is 0 Å². The van der Waals surface area contributed by atoms with Crippen LogP contribution in [0.3, 0.4) is 0 Å². The van der Waals surface area contributed by atoms with Crippen molar-refractivity contribution in [2.24, 2.45) is 11.8 Å². The first-order valence-corrected chi connectivity index (χ1v) is 12.0. The molecule has 0 aromatic carbocycles. The van der Waals surface area contributed by atoms with Crippen molar-refractivity contribution < 1.29 is 9.53 Å². The summed E-state index contributed by atoms with van der Waals surface area (Å²) in [5.41, 5.74) is 0. The van der Waals surface area contributed by atoms with E-state index < -0.39 is 0 Å². The van der Waals surface area contributed by atoms with Gasteiger partial charge in [-0.05, 0) is 44.6 Å². The Labute approximate surface area is 170 Å². The van der Waals surface area contributed by atoms with Gasteiger partial charge in [0.25, 0.3) is 0 Å². The van der Waals surface area contributed by atoms with E-state index in [0.29, 0.717) is 12.3 Å². The van der Waals surface area contributed by atoms with E-state index in [1.54, 1.807) is 0 Å². The summed E-state index contributed by atoms with van der Waals surface area (Å²) >= 11 is 0. The minimum Gasteiger partial charge on any atom is -0.381 e. The first-order chi connectivity index (χ1) is 13.2. The first kappa shape index (κ1) is 26.6. The van der Waals surface area contributed by atoms with E-state index in [4.69, 9.17) is 4.74 Å². The van der Waals surface area contributed by atoms with Crippen LogP contribution < -0.4 is 5.32 Å². The second-order valence-corrected chi connectivity index (χ2v) is 8.12. The van der Waals surface area contributed by atoms with Crippen molar-refractivity contribution in [3.8, 4) is 0 Å². The molecule has 3 heteroatoms. The molecule has 0 aliphatic rings. The van der Waals surface area contributed by atoms with Crippen LogP contribution in [-0.2, 0) is 9.53 Å². The lowest BCUT2D eigenvalue weighted by molar-refractivity contribution is -0.122. The van der Waals surface area contributed by atoms with Crippen LogP contribution in [0.25, 0.3) is 0 Å². The molecule has 0 amide bonds. The predicted molar refractivity (Wildman–Crippen MR) is 118 cm³/mol. The molecule has 162 valence electrons. The van der Waals surface area contributed by atoms with Crippen LogP contribution in [0.1, 0.15) is 111 Å². The summed E-state index contributed by atoms with van der Waals surface area (Å²) in [5.74, 6) is 1.58. The molecule has 0 heterocycles. The third-order valence-corrected chi connectivity index (χ3v) is 5.74. The van der Waals surface area contributed by atoms with Crippen LogP contribution in [0.2, 0.25) is 0 Å². The zero-order valence-corrected chi connectivity index (χ0v) is 19.0. The van der Waals surface area contributed by atoms with Gasteiger partial charge < -0.3 is 10.1 Å². The van der Waals surface area contributed by atoms with Crippen molar-refractivity contribution in [3.05, 3.63) is 0 Å². The highest BCUT2D eigenvalue weighted by Crippen LogP contribution is 2.19. The largest absolute Gasteiger partial charge is 0.381 e. The van der Waals surface area contributed by atoms with Gasteiger partial charge in [0.1, 0.15) is 5.78 Å². The van der Waals surface area contributed by atoms with E-state index in [1.807, 2.05) is 0 Å². The molecule has 0 fully saturated rings. The molecule has 0 saturated carbocycles. The maximum absolute atomic E-state index is 12.2. The normalized spacial score (nSPS) is 13.6. The lowest BCUT2D eigenvalue weighted by Crippen LogP contribution is -2.29. The number of carbonyl (C=O) groups excluding carboxylic acids is 1. The van der Waals surface area contributed by atoms with Crippen LogP contribution >= 0.6 is 0 Å². The maximum Gasteiger partial charge on any atom is 0.149 e. The molecule has 2 unspecified atom stereocenters. The highest BCUT2D eigenvalue weighted by molar-refractivity contribution is 5.82. The second-order valence-electron chi connectivity index (χ2n) is 8.12. The molecule has 3 nitrogen and oxygen atoms in total. The van der Waals surface area contributed by atoms with E-state index in [9.17, 15) is 4.79 Å². The minimum absolute atomic E-state index is 0.259. The molecule has 1 N–H and O–H groups in total. The fraction of sp³-hybridized carbons (Fsp3) is 0.958. The SMILES string of the molecule is CCCCC(CC)CCCCOCCCCNCC(=O)C(CC)CCCC. The molecule has 0 aliphatic carbocycles. The number of carbonyl (C=O) groups is 1. The summed E-state index contributed by atoms with van der Waals surface area (Å²) in [4.78, 5) is 12.2. The zero-order valence-electron chi connectivity index (χ0n) is 19.0. The highest BCUT2D eigenvalue weighted by Gasteiger charge is 2.14. The molecular formula is C24H49NO2. The summed E-state index contributed by atoms with van der Waals surface area (Å²) < 4.78 is 5.76. The van der Waals surface area contributed by atoms with E-state index >= 15 is 0 Å². The van der Waals surface area contributed by atoms with Crippen LogP contribution in [0.5, 0.6) is 0 Å². The van der Waals surface area contributed by atoms with Crippen molar-refractivity contribution in [1.29, 1.82) is 0 Å². The van der Waals surface area contributed by atoms with Crippen molar-refractivity contribution in [2.75, 3.05) is 26.3 Å². The van der Waals surface area contributed by atoms with E-state index in [-0.39, 0.29) is 5.92 Å². The number of hydrogen-bond donors (Lipinski definition) is 1. The molecule has 0 radical (unpaired) electrons. The molecule has 0 rings (SSSR count). The third-order valence-electron chi connectivity index (χ3n) is 5.74. The Balaban J connectivity index is 3.43. The van der Waals surface area contributed by atoms with E-state index in [0.717, 1.165) is 51.4 Å². The smallest absolute Gasteiger partial charge is 0.149 e. The predicted octanol–water partition coefficient (Wildman–Crippen LogP) is 6.55. The number of unbranched alkanes of at least 4 members (excludes halogenated alkanes) is 4. The van der Waals surface area contributed by atoms with E-state index in [2.05, 4.69) is 33.0 Å². The Kier molecular flexibility index (Phi) is 20.0.